The summed E-state index contributed by atoms with van der Waals surface area (Å²) in [6, 6.07) is 21.1. The molecule has 0 saturated heterocycles. The van der Waals surface area contributed by atoms with Crippen molar-refractivity contribution >= 4 is 50.6 Å². The summed E-state index contributed by atoms with van der Waals surface area (Å²) < 4.78 is 24.1. The molecule has 60 heavy (non-hydrogen) atoms. The molecule has 1 heterocycles. The predicted octanol–water partition coefficient (Wildman–Crippen LogP) is 7.80. The average Bonchev–Trinajstić information content (AvgIpc) is 3.58. The minimum absolute atomic E-state index is 0.00512. The summed E-state index contributed by atoms with van der Waals surface area (Å²) in [5, 5.41) is 11.7. The highest BCUT2D eigenvalue weighted by atomic mass is 32.1. The number of fused-ring (bicyclic) bond motifs is 1. The minimum Gasteiger partial charge on any atom is -0.488 e. The molecule has 0 aliphatic carbocycles. The van der Waals surface area contributed by atoms with Gasteiger partial charge in [0.05, 0.1) is 22.2 Å². The molecule has 326 valence electrons. The van der Waals surface area contributed by atoms with Crippen molar-refractivity contribution < 1.29 is 38.1 Å². The van der Waals surface area contributed by atoms with E-state index in [0.717, 1.165) is 15.8 Å². The van der Waals surface area contributed by atoms with Crippen LogP contribution in [0.3, 0.4) is 0 Å². The number of carbonyl (C=O) groups is 4. The quantitative estimate of drug-likeness (QED) is 0.0688. The van der Waals surface area contributed by atoms with E-state index < -0.39 is 47.0 Å². The summed E-state index contributed by atoms with van der Waals surface area (Å²) in [6.07, 6.45) is -1.24. The van der Waals surface area contributed by atoms with Crippen LogP contribution < -0.4 is 26.0 Å². The molecule has 0 spiro atoms. The summed E-state index contributed by atoms with van der Waals surface area (Å²) >= 11 is 1.29. The lowest BCUT2D eigenvalue weighted by molar-refractivity contribution is -0.161. The second-order valence-corrected chi connectivity index (χ2v) is 18.0. The van der Waals surface area contributed by atoms with Crippen molar-refractivity contribution in [1.29, 1.82) is 0 Å². The van der Waals surface area contributed by atoms with Crippen LogP contribution in [0.5, 0.6) is 5.75 Å². The van der Waals surface area contributed by atoms with E-state index in [2.05, 4.69) is 21.3 Å². The smallest absolute Gasteiger partial charge is 0.413 e. The zero-order chi connectivity index (χ0) is 44.1. The molecule has 5 amide bonds. The van der Waals surface area contributed by atoms with Gasteiger partial charge in [-0.2, -0.15) is 0 Å². The SMILES string of the molecule is CCOC(CN(Cc1cccc2sc(NC(=O)OC(C)(C)C)nc12)C(=O)[C@H](Cc1ccc(OC(C)(C)C)cc1)NC(=O)C(C)(C)CNC(=O)NCc1ccccc1)OCC. The number of hydrogen-bond acceptors (Lipinski definition) is 10. The first-order valence-corrected chi connectivity index (χ1v) is 21.1. The third-order valence-corrected chi connectivity index (χ3v) is 9.79. The van der Waals surface area contributed by atoms with Gasteiger partial charge in [-0.25, -0.2) is 14.6 Å². The first kappa shape index (κ1) is 47.4. The van der Waals surface area contributed by atoms with Crippen LogP contribution in [-0.4, -0.2) is 83.7 Å². The molecule has 1 aromatic heterocycles. The molecule has 4 N–H and O–H groups in total. The highest BCUT2D eigenvalue weighted by molar-refractivity contribution is 7.22. The van der Waals surface area contributed by atoms with Gasteiger partial charge in [-0.15, -0.1) is 0 Å². The molecule has 0 unspecified atom stereocenters. The van der Waals surface area contributed by atoms with E-state index in [9.17, 15) is 14.4 Å². The van der Waals surface area contributed by atoms with Gasteiger partial charge < -0.3 is 39.8 Å². The van der Waals surface area contributed by atoms with Crippen LogP contribution in [0.25, 0.3) is 10.2 Å². The Morgan fingerprint density at radius 1 is 0.783 bits per heavy atom. The second kappa shape index (κ2) is 21.3. The summed E-state index contributed by atoms with van der Waals surface area (Å²) in [4.78, 5) is 60.9. The van der Waals surface area contributed by atoms with Gasteiger partial charge >= 0.3 is 12.1 Å². The summed E-state index contributed by atoms with van der Waals surface area (Å²) in [5.74, 6) is -0.139. The van der Waals surface area contributed by atoms with Crippen LogP contribution in [0.2, 0.25) is 0 Å². The summed E-state index contributed by atoms with van der Waals surface area (Å²) in [7, 11) is 0. The predicted molar refractivity (Wildman–Crippen MR) is 235 cm³/mol. The number of ether oxygens (including phenoxy) is 4. The van der Waals surface area contributed by atoms with E-state index in [1.165, 1.54) is 11.3 Å². The molecule has 4 aromatic rings. The fourth-order valence-electron chi connectivity index (χ4n) is 6.00. The van der Waals surface area contributed by atoms with E-state index in [1.54, 1.807) is 39.5 Å². The standard InChI is InChI=1S/C45H62N6O8S/c1-11-56-36(57-12-2)28-51(27-32-19-16-20-35-37(32)49-41(60-35)50-42(55)59-44(6,7)8)38(52)34(25-30-21-23-33(24-22-30)58-43(3,4)5)48-39(53)45(9,10)29-47-40(54)46-26-31-17-14-13-15-18-31/h13-24,34,36H,11-12,25-29H2,1-10H3,(H,48,53)(H2,46,47,54)(H,49,50,55)/t34-/m0/s1. The molecule has 0 radical (unpaired) electrons. The second-order valence-electron chi connectivity index (χ2n) is 17.0. The number of benzene rings is 3. The minimum atomic E-state index is -1.11. The number of urea groups is 1. The Morgan fingerprint density at radius 2 is 1.45 bits per heavy atom. The highest BCUT2D eigenvalue weighted by Crippen LogP contribution is 2.30. The molecular formula is C45H62N6O8S. The van der Waals surface area contributed by atoms with E-state index in [1.807, 2.05) is 107 Å². The zero-order valence-corrected chi connectivity index (χ0v) is 37.4. The Balaban J connectivity index is 1.64. The fraction of sp³-hybridized carbons (Fsp3) is 0.489. The number of rotatable bonds is 19. The van der Waals surface area contributed by atoms with Crippen molar-refractivity contribution in [2.24, 2.45) is 5.41 Å². The number of hydrogen-bond donors (Lipinski definition) is 4. The van der Waals surface area contributed by atoms with Gasteiger partial charge in [-0.1, -0.05) is 65.9 Å². The maximum absolute atomic E-state index is 15.0. The first-order chi connectivity index (χ1) is 28.2. The summed E-state index contributed by atoms with van der Waals surface area (Å²) in [6.45, 7) is 19.5. The van der Waals surface area contributed by atoms with Crippen LogP contribution in [-0.2, 0) is 43.3 Å². The van der Waals surface area contributed by atoms with Crippen LogP contribution in [0, 0.1) is 5.41 Å². The molecule has 4 rings (SSSR count). The molecule has 0 aliphatic heterocycles. The molecule has 0 aliphatic rings. The lowest BCUT2D eigenvalue weighted by Gasteiger charge is -2.33. The van der Waals surface area contributed by atoms with Gasteiger partial charge in [0.15, 0.2) is 11.4 Å². The third-order valence-electron chi connectivity index (χ3n) is 8.85. The number of aromatic nitrogens is 1. The number of anilines is 1. The Labute approximate surface area is 358 Å². The number of nitrogens with zero attached hydrogens (tertiary/aromatic N) is 2. The zero-order valence-electron chi connectivity index (χ0n) is 36.6. The maximum Gasteiger partial charge on any atom is 0.413 e. The molecule has 0 bridgehead atoms. The van der Waals surface area contributed by atoms with Crippen molar-refractivity contribution in [3.05, 3.63) is 89.5 Å². The van der Waals surface area contributed by atoms with Gasteiger partial charge in [0, 0.05) is 39.3 Å². The van der Waals surface area contributed by atoms with Crippen molar-refractivity contribution in [2.45, 2.75) is 112 Å². The van der Waals surface area contributed by atoms with E-state index in [-0.39, 0.29) is 32.0 Å². The molecule has 1 atom stereocenters. The highest BCUT2D eigenvalue weighted by Gasteiger charge is 2.35. The Hall–Kier alpha value is -5.25. The fourth-order valence-corrected chi connectivity index (χ4v) is 6.90. The number of carbonyl (C=O) groups excluding carboxylic acids is 4. The van der Waals surface area contributed by atoms with Crippen LogP contribution in [0.4, 0.5) is 14.7 Å². The van der Waals surface area contributed by atoms with Crippen LogP contribution in [0.15, 0.2) is 72.8 Å². The third kappa shape index (κ3) is 15.4. The molecule has 0 saturated carbocycles. The number of amides is 5. The van der Waals surface area contributed by atoms with E-state index >= 15 is 4.79 Å². The Morgan fingerprint density at radius 3 is 2.07 bits per heavy atom. The molecule has 15 heteroatoms. The number of para-hydroxylation sites is 1. The van der Waals surface area contributed by atoms with Gasteiger partial charge in [-0.05, 0) is 104 Å². The number of thiazole rings is 1. The molecular weight excluding hydrogens is 785 g/mol. The number of nitrogens with one attached hydrogen (secondary N) is 4. The Kier molecular flexibility index (Phi) is 16.9. The van der Waals surface area contributed by atoms with Crippen molar-refractivity contribution in [3.8, 4) is 5.75 Å². The molecule has 3 aromatic carbocycles. The van der Waals surface area contributed by atoms with E-state index in [4.69, 9.17) is 23.9 Å². The van der Waals surface area contributed by atoms with E-state index in [0.29, 0.717) is 41.7 Å². The van der Waals surface area contributed by atoms with Gasteiger partial charge in [-0.3, -0.25) is 14.9 Å². The molecule has 14 nitrogen and oxygen atoms in total. The van der Waals surface area contributed by atoms with Crippen molar-refractivity contribution in [2.75, 3.05) is 31.6 Å². The summed E-state index contributed by atoms with van der Waals surface area (Å²) in [5.41, 5.74) is 0.827. The monoisotopic (exact) mass is 846 g/mol. The van der Waals surface area contributed by atoms with Crippen molar-refractivity contribution in [3.63, 3.8) is 0 Å². The van der Waals surface area contributed by atoms with Gasteiger partial charge in [0.2, 0.25) is 11.8 Å². The first-order valence-electron chi connectivity index (χ1n) is 20.3. The molecule has 0 fully saturated rings. The van der Waals surface area contributed by atoms with Crippen molar-refractivity contribution in [1.82, 2.24) is 25.8 Å². The Bertz CT molecular complexity index is 2020. The average molecular weight is 847 g/mol. The van der Waals surface area contributed by atoms with Crippen LogP contribution >= 0.6 is 11.3 Å². The lowest BCUT2D eigenvalue weighted by atomic mass is 9.91. The largest absolute Gasteiger partial charge is 0.488 e. The normalized spacial score (nSPS) is 12.4. The van der Waals surface area contributed by atoms with Gasteiger partial charge in [0.1, 0.15) is 23.0 Å². The lowest BCUT2D eigenvalue weighted by Crippen LogP contribution is -2.55. The topological polar surface area (TPSA) is 169 Å². The van der Waals surface area contributed by atoms with Gasteiger partial charge in [0.25, 0.3) is 0 Å². The maximum atomic E-state index is 15.0. The van der Waals surface area contributed by atoms with Crippen LogP contribution in [0.1, 0.15) is 85.9 Å².